The van der Waals surface area contributed by atoms with Crippen molar-refractivity contribution < 1.29 is 0 Å². The highest BCUT2D eigenvalue weighted by Gasteiger charge is 2.05. The minimum absolute atomic E-state index is 0.646. The number of nitrogen functional groups attached to an aromatic ring is 1. The SMILES string of the molecule is CNc1nc(-c2ccc(Br)cc2)cn1N. The zero-order chi connectivity index (χ0) is 10.8. The summed E-state index contributed by atoms with van der Waals surface area (Å²) in [6.07, 6.45) is 1.79. The van der Waals surface area contributed by atoms with E-state index >= 15 is 0 Å². The Hall–Kier alpha value is -1.49. The highest BCUT2D eigenvalue weighted by atomic mass is 79.9. The van der Waals surface area contributed by atoms with E-state index < -0.39 is 0 Å². The van der Waals surface area contributed by atoms with Gasteiger partial charge in [-0.3, -0.25) is 0 Å². The summed E-state index contributed by atoms with van der Waals surface area (Å²) in [5.74, 6) is 6.35. The fourth-order valence-corrected chi connectivity index (χ4v) is 1.60. The number of nitrogens with two attached hydrogens (primary N) is 1. The average Bonchev–Trinajstić information content (AvgIpc) is 2.61. The number of rotatable bonds is 2. The number of nitrogens with zero attached hydrogens (tertiary/aromatic N) is 2. The van der Waals surface area contributed by atoms with Crippen LogP contribution in [0.25, 0.3) is 11.3 Å². The van der Waals surface area contributed by atoms with Crippen LogP contribution in [0, 0.1) is 0 Å². The Morgan fingerprint density at radius 1 is 1.33 bits per heavy atom. The summed E-state index contributed by atoms with van der Waals surface area (Å²) < 4.78 is 2.52. The fourth-order valence-electron chi connectivity index (χ4n) is 1.34. The van der Waals surface area contributed by atoms with Crippen LogP contribution in [-0.4, -0.2) is 16.7 Å². The summed E-state index contributed by atoms with van der Waals surface area (Å²) in [6, 6.07) is 7.94. The van der Waals surface area contributed by atoms with Gasteiger partial charge in [-0.05, 0) is 12.1 Å². The molecule has 3 N–H and O–H groups in total. The third kappa shape index (κ3) is 1.97. The van der Waals surface area contributed by atoms with Crippen molar-refractivity contribution in [3.63, 3.8) is 0 Å². The summed E-state index contributed by atoms with van der Waals surface area (Å²) >= 11 is 3.39. The van der Waals surface area contributed by atoms with Crippen LogP contribution >= 0.6 is 15.9 Å². The molecule has 0 aliphatic heterocycles. The number of aromatic nitrogens is 2. The molecule has 0 unspecified atom stereocenters. The summed E-state index contributed by atoms with van der Waals surface area (Å²) in [5.41, 5.74) is 1.90. The molecule has 0 aliphatic carbocycles. The molecule has 0 spiro atoms. The third-order valence-electron chi connectivity index (χ3n) is 2.10. The lowest BCUT2D eigenvalue weighted by molar-refractivity contribution is 1.00. The summed E-state index contributed by atoms with van der Waals surface area (Å²) in [4.78, 5) is 4.34. The first-order chi connectivity index (χ1) is 7.20. The molecule has 78 valence electrons. The molecular weight excluding hydrogens is 256 g/mol. The van der Waals surface area contributed by atoms with Gasteiger partial charge in [0.05, 0.1) is 11.9 Å². The van der Waals surface area contributed by atoms with Gasteiger partial charge in [-0.1, -0.05) is 28.1 Å². The van der Waals surface area contributed by atoms with Gasteiger partial charge < -0.3 is 11.2 Å². The number of nitrogens with one attached hydrogen (secondary N) is 1. The molecule has 0 fully saturated rings. The van der Waals surface area contributed by atoms with E-state index in [1.807, 2.05) is 24.3 Å². The number of halogens is 1. The Kier molecular flexibility index (Phi) is 2.64. The van der Waals surface area contributed by atoms with Gasteiger partial charge in [-0.25, -0.2) is 9.66 Å². The van der Waals surface area contributed by atoms with E-state index in [9.17, 15) is 0 Å². The molecule has 2 aromatic rings. The molecule has 0 atom stereocenters. The number of anilines is 1. The number of imidazole rings is 1. The molecule has 2 rings (SSSR count). The number of hydrogen-bond donors (Lipinski definition) is 2. The van der Waals surface area contributed by atoms with Gasteiger partial charge in [0.15, 0.2) is 0 Å². The predicted molar refractivity (Wildman–Crippen MR) is 65.1 cm³/mol. The molecule has 1 heterocycles. The first-order valence-electron chi connectivity index (χ1n) is 4.49. The van der Waals surface area contributed by atoms with Gasteiger partial charge >= 0.3 is 0 Å². The maximum absolute atomic E-state index is 5.70. The molecule has 0 saturated heterocycles. The van der Waals surface area contributed by atoms with E-state index in [0.717, 1.165) is 15.7 Å². The fraction of sp³-hybridized carbons (Fsp3) is 0.100. The minimum Gasteiger partial charge on any atom is -0.357 e. The first-order valence-corrected chi connectivity index (χ1v) is 5.28. The van der Waals surface area contributed by atoms with Crippen LogP contribution < -0.4 is 11.2 Å². The molecular formula is C10H11BrN4. The Bertz CT molecular complexity index is 461. The summed E-state index contributed by atoms with van der Waals surface area (Å²) in [5, 5.41) is 2.91. The maximum Gasteiger partial charge on any atom is 0.221 e. The highest BCUT2D eigenvalue weighted by Crippen LogP contribution is 2.21. The van der Waals surface area contributed by atoms with Crippen LogP contribution in [0.5, 0.6) is 0 Å². The molecule has 4 nitrogen and oxygen atoms in total. The second-order valence-corrected chi connectivity index (χ2v) is 4.03. The molecule has 0 radical (unpaired) electrons. The van der Waals surface area contributed by atoms with Crippen molar-refractivity contribution in [1.82, 2.24) is 9.66 Å². The van der Waals surface area contributed by atoms with Crippen molar-refractivity contribution >= 4 is 21.9 Å². The average molecular weight is 267 g/mol. The largest absolute Gasteiger partial charge is 0.357 e. The first kappa shape index (κ1) is 10.0. The second-order valence-electron chi connectivity index (χ2n) is 3.11. The normalized spacial score (nSPS) is 10.3. The van der Waals surface area contributed by atoms with Crippen molar-refractivity contribution in [1.29, 1.82) is 0 Å². The van der Waals surface area contributed by atoms with Crippen LogP contribution in [0.4, 0.5) is 5.95 Å². The van der Waals surface area contributed by atoms with Crippen molar-refractivity contribution in [2.24, 2.45) is 0 Å². The smallest absolute Gasteiger partial charge is 0.221 e. The standard InChI is InChI=1S/C10H11BrN4/c1-13-10-14-9(6-15(10)12)7-2-4-8(11)5-3-7/h2-6H,12H2,1H3,(H,13,14). The van der Waals surface area contributed by atoms with Crippen molar-refractivity contribution in [2.75, 3.05) is 18.2 Å². The predicted octanol–water partition coefficient (Wildman–Crippen LogP) is 2.07. The maximum atomic E-state index is 5.70. The topological polar surface area (TPSA) is 55.9 Å². The van der Waals surface area contributed by atoms with Gasteiger partial charge in [-0.15, -0.1) is 0 Å². The minimum atomic E-state index is 0.646. The van der Waals surface area contributed by atoms with Crippen LogP contribution in [-0.2, 0) is 0 Å². The Labute approximate surface area is 96.2 Å². The van der Waals surface area contributed by atoms with Crippen molar-refractivity contribution in [2.45, 2.75) is 0 Å². The summed E-state index contributed by atoms with van der Waals surface area (Å²) in [7, 11) is 1.79. The lowest BCUT2D eigenvalue weighted by Gasteiger charge is -1.96. The molecule has 1 aromatic heterocycles. The van der Waals surface area contributed by atoms with E-state index in [2.05, 4.69) is 26.2 Å². The van der Waals surface area contributed by atoms with Crippen LogP contribution in [0.3, 0.4) is 0 Å². The molecule has 5 heteroatoms. The Balaban J connectivity index is 2.41. The van der Waals surface area contributed by atoms with E-state index in [4.69, 9.17) is 5.84 Å². The highest BCUT2D eigenvalue weighted by molar-refractivity contribution is 9.10. The van der Waals surface area contributed by atoms with E-state index in [0.29, 0.717) is 5.95 Å². The Morgan fingerprint density at radius 2 is 2.00 bits per heavy atom. The lowest BCUT2D eigenvalue weighted by Crippen LogP contribution is -2.10. The molecule has 0 bridgehead atoms. The lowest BCUT2D eigenvalue weighted by atomic mass is 10.2. The van der Waals surface area contributed by atoms with E-state index in [1.54, 1.807) is 13.2 Å². The molecule has 0 amide bonds. The van der Waals surface area contributed by atoms with Crippen LogP contribution in [0.15, 0.2) is 34.9 Å². The molecule has 0 saturated carbocycles. The van der Waals surface area contributed by atoms with Crippen LogP contribution in [0.1, 0.15) is 0 Å². The second kappa shape index (κ2) is 3.94. The molecule has 0 aliphatic rings. The van der Waals surface area contributed by atoms with E-state index in [1.165, 1.54) is 4.68 Å². The van der Waals surface area contributed by atoms with Gasteiger partial charge in [0.25, 0.3) is 0 Å². The van der Waals surface area contributed by atoms with E-state index in [-0.39, 0.29) is 0 Å². The van der Waals surface area contributed by atoms with Gasteiger partial charge in [0, 0.05) is 17.1 Å². The van der Waals surface area contributed by atoms with Crippen molar-refractivity contribution in [3.05, 3.63) is 34.9 Å². The molecule has 15 heavy (non-hydrogen) atoms. The summed E-state index contributed by atoms with van der Waals surface area (Å²) in [6.45, 7) is 0. The number of benzene rings is 1. The van der Waals surface area contributed by atoms with Gasteiger partial charge in [0.1, 0.15) is 0 Å². The third-order valence-corrected chi connectivity index (χ3v) is 2.62. The van der Waals surface area contributed by atoms with Gasteiger partial charge in [-0.2, -0.15) is 0 Å². The van der Waals surface area contributed by atoms with Crippen molar-refractivity contribution in [3.8, 4) is 11.3 Å². The quantitative estimate of drug-likeness (QED) is 0.819. The Morgan fingerprint density at radius 3 is 2.53 bits per heavy atom. The molecule has 1 aromatic carbocycles. The number of hydrogen-bond acceptors (Lipinski definition) is 3. The van der Waals surface area contributed by atoms with Crippen LogP contribution in [0.2, 0.25) is 0 Å². The zero-order valence-electron chi connectivity index (χ0n) is 8.24. The monoisotopic (exact) mass is 266 g/mol. The zero-order valence-corrected chi connectivity index (χ0v) is 9.82. The van der Waals surface area contributed by atoms with Gasteiger partial charge in [0.2, 0.25) is 5.95 Å².